The SMILES string of the molecule is CCCCN(CCCC)C(C)C(=O)Nc1ccc(N)cc1OC. The maximum atomic E-state index is 12.6. The van der Waals surface area contributed by atoms with Crippen LogP contribution in [0.1, 0.15) is 46.5 Å². The van der Waals surface area contributed by atoms with Crippen LogP contribution >= 0.6 is 0 Å². The average molecular weight is 321 g/mol. The van der Waals surface area contributed by atoms with E-state index in [1.165, 1.54) is 0 Å². The predicted molar refractivity (Wildman–Crippen MR) is 96.9 cm³/mol. The first-order chi connectivity index (χ1) is 11.0. The molecule has 0 bridgehead atoms. The topological polar surface area (TPSA) is 67.6 Å². The Hall–Kier alpha value is -1.75. The molecule has 0 saturated carbocycles. The number of nitrogens with two attached hydrogens (primary N) is 1. The minimum absolute atomic E-state index is 0.0136. The lowest BCUT2D eigenvalue weighted by Gasteiger charge is -2.28. The number of carbonyl (C=O) groups is 1. The van der Waals surface area contributed by atoms with Gasteiger partial charge in [0.2, 0.25) is 5.91 Å². The van der Waals surface area contributed by atoms with Crippen molar-refractivity contribution < 1.29 is 9.53 Å². The number of unbranched alkanes of at least 4 members (excludes halogenated alkanes) is 2. The number of ether oxygens (including phenoxy) is 1. The highest BCUT2D eigenvalue weighted by Gasteiger charge is 2.21. The standard InChI is InChI=1S/C18H31N3O2/c1-5-7-11-21(12-8-6-2)14(3)18(22)20-16-10-9-15(19)13-17(16)23-4/h9-10,13-14H,5-8,11-12,19H2,1-4H3,(H,20,22). The van der Waals surface area contributed by atoms with Crippen LogP contribution in [0.4, 0.5) is 11.4 Å². The molecule has 1 aromatic carbocycles. The number of hydrogen-bond donors (Lipinski definition) is 2. The van der Waals surface area contributed by atoms with Crippen molar-refractivity contribution in [1.82, 2.24) is 4.90 Å². The number of nitrogens with zero attached hydrogens (tertiary/aromatic N) is 1. The molecule has 1 atom stereocenters. The molecule has 3 N–H and O–H groups in total. The van der Waals surface area contributed by atoms with Crippen molar-refractivity contribution in [1.29, 1.82) is 0 Å². The van der Waals surface area contributed by atoms with Crippen LogP contribution in [-0.4, -0.2) is 37.0 Å². The van der Waals surface area contributed by atoms with Gasteiger partial charge in [-0.1, -0.05) is 26.7 Å². The maximum absolute atomic E-state index is 12.6. The second-order valence-corrected chi connectivity index (χ2v) is 5.87. The van der Waals surface area contributed by atoms with Gasteiger partial charge in [0, 0.05) is 11.8 Å². The number of hydrogen-bond acceptors (Lipinski definition) is 4. The van der Waals surface area contributed by atoms with Crippen molar-refractivity contribution in [2.24, 2.45) is 0 Å². The van der Waals surface area contributed by atoms with Gasteiger partial charge in [0.1, 0.15) is 5.75 Å². The molecule has 1 unspecified atom stereocenters. The average Bonchev–Trinajstić information content (AvgIpc) is 2.55. The van der Waals surface area contributed by atoms with E-state index < -0.39 is 0 Å². The number of benzene rings is 1. The van der Waals surface area contributed by atoms with Crippen LogP contribution in [0.15, 0.2) is 18.2 Å². The van der Waals surface area contributed by atoms with Crippen LogP contribution in [0.2, 0.25) is 0 Å². The van der Waals surface area contributed by atoms with Gasteiger partial charge in [-0.2, -0.15) is 0 Å². The summed E-state index contributed by atoms with van der Waals surface area (Å²) in [6.07, 6.45) is 4.46. The molecule has 0 aromatic heterocycles. The normalized spacial score (nSPS) is 12.2. The molecule has 1 amide bonds. The van der Waals surface area contributed by atoms with Gasteiger partial charge >= 0.3 is 0 Å². The van der Waals surface area contributed by atoms with Crippen LogP contribution in [0.5, 0.6) is 5.75 Å². The van der Waals surface area contributed by atoms with Crippen molar-refractivity contribution in [2.45, 2.75) is 52.5 Å². The first kappa shape index (κ1) is 19.3. The van der Waals surface area contributed by atoms with Crippen LogP contribution in [0, 0.1) is 0 Å². The highest BCUT2D eigenvalue weighted by Crippen LogP contribution is 2.26. The molecule has 1 aromatic rings. The third kappa shape index (κ3) is 6.10. The van der Waals surface area contributed by atoms with E-state index in [0.717, 1.165) is 38.8 Å². The molecule has 130 valence electrons. The predicted octanol–water partition coefficient (Wildman–Crippen LogP) is 3.51. The zero-order chi connectivity index (χ0) is 17.2. The molecular weight excluding hydrogens is 290 g/mol. The lowest BCUT2D eigenvalue weighted by molar-refractivity contribution is -0.120. The van der Waals surface area contributed by atoms with E-state index in [1.807, 2.05) is 6.92 Å². The molecule has 0 spiro atoms. The number of rotatable bonds is 10. The van der Waals surface area contributed by atoms with E-state index in [9.17, 15) is 4.79 Å². The summed E-state index contributed by atoms with van der Waals surface area (Å²) in [6, 6.07) is 5.08. The lowest BCUT2D eigenvalue weighted by Crippen LogP contribution is -2.43. The fourth-order valence-electron chi connectivity index (χ4n) is 2.44. The van der Waals surface area contributed by atoms with Gasteiger partial charge in [-0.15, -0.1) is 0 Å². The van der Waals surface area contributed by atoms with Crippen LogP contribution in [-0.2, 0) is 4.79 Å². The van der Waals surface area contributed by atoms with Gasteiger partial charge in [0.15, 0.2) is 0 Å². The summed E-state index contributed by atoms with van der Waals surface area (Å²) in [7, 11) is 1.57. The van der Waals surface area contributed by atoms with Gasteiger partial charge in [-0.05, 0) is 45.0 Å². The number of carbonyl (C=O) groups excluding carboxylic acids is 1. The molecule has 0 heterocycles. The molecule has 0 radical (unpaired) electrons. The van der Waals surface area contributed by atoms with E-state index in [2.05, 4.69) is 24.1 Å². The van der Waals surface area contributed by atoms with E-state index in [0.29, 0.717) is 17.1 Å². The Kier molecular flexibility index (Phi) is 8.48. The molecule has 5 nitrogen and oxygen atoms in total. The Bertz CT molecular complexity index is 483. The van der Waals surface area contributed by atoms with Gasteiger partial charge < -0.3 is 15.8 Å². The van der Waals surface area contributed by atoms with E-state index >= 15 is 0 Å². The second-order valence-electron chi connectivity index (χ2n) is 5.87. The third-order valence-corrected chi connectivity index (χ3v) is 4.01. The van der Waals surface area contributed by atoms with Crippen molar-refractivity contribution >= 4 is 17.3 Å². The summed E-state index contributed by atoms with van der Waals surface area (Å²) in [5.74, 6) is 0.569. The summed E-state index contributed by atoms with van der Waals surface area (Å²) in [6.45, 7) is 8.20. The zero-order valence-electron chi connectivity index (χ0n) is 14.9. The van der Waals surface area contributed by atoms with E-state index in [1.54, 1.807) is 25.3 Å². The van der Waals surface area contributed by atoms with Crippen molar-refractivity contribution in [3.63, 3.8) is 0 Å². The number of amides is 1. The van der Waals surface area contributed by atoms with Crippen LogP contribution in [0.3, 0.4) is 0 Å². The highest BCUT2D eigenvalue weighted by atomic mass is 16.5. The fraction of sp³-hybridized carbons (Fsp3) is 0.611. The van der Waals surface area contributed by atoms with Gasteiger partial charge in [-0.3, -0.25) is 9.69 Å². The summed E-state index contributed by atoms with van der Waals surface area (Å²) in [5, 5.41) is 2.96. The molecule has 0 fully saturated rings. The largest absolute Gasteiger partial charge is 0.494 e. The molecule has 0 aliphatic heterocycles. The number of nitrogens with one attached hydrogen (secondary N) is 1. The molecule has 0 saturated heterocycles. The molecule has 5 heteroatoms. The molecule has 1 rings (SSSR count). The fourth-order valence-corrected chi connectivity index (χ4v) is 2.44. The second kappa shape index (κ2) is 10.1. The number of anilines is 2. The Morgan fingerprint density at radius 1 is 1.26 bits per heavy atom. The van der Waals surface area contributed by atoms with Gasteiger partial charge in [-0.25, -0.2) is 0 Å². The van der Waals surface area contributed by atoms with Gasteiger partial charge in [0.25, 0.3) is 0 Å². The first-order valence-corrected chi connectivity index (χ1v) is 8.51. The third-order valence-electron chi connectivity index (χ3n) is 4.01. The van der Waals surface area contributed by atoms with Crippen molar-refractivity contribution in [3.05, 3.63) is 18.2 Å². The van der Waals surface area contributed by atoms with Crippen LogP contribution < -0.4 is 15.8 Å². The summed E-state index contributed by atoms with van der Waals surface area (Å²) >= 11 is 0. The Labute approximate surface area is 140 Å². The molecule has 0 aliphatic rings. The van der Waals surface area contributed by atoms with E-state index in [4.69, 9.17) is 10.5 Å². The quantitative estimate of drug-likeness (QED) is 0.647. The Balaban J connectivity index is 2.76. The van der Waals surface area contributed by atoms with E-state index in [-0.39, 0.29) is 11.9 Å². The Morgan fingerprint density at radius 3 is 2.39 bits per heavy atom. The minimum Gasteiger partial charge on any atom is -0.494 e. The van der Waals surface area contributed by atoms with Crippen LogP contribution in [0.25, 0.3) is 0 Å². The number of methoxy groups -OCH3 is 1. The monoisotopic (exact) mass is 321 g/mol. The number of nitrogen functional groups attached to an aromatic ring is 1. The smallest absolute Gasteiger partial charge is 0.241 e. The van der Waals surface area contributed by atoms with Crippen molar-refractivity contribution in [3.8, 4) is 5.75 Å². The molecule has 23 heavy (non-hydrogen) atoms. The van der Waals surface area contributed by atoms with Crippen molar-refractivity contribution in [2.75, 3.05) is 31.2 Å². The first-order valence-electron chi connectivity index (χ1n) is 8.51. The summed E-state index contributed by atoms with van der Waals surface area (Å²) in [4.78, 5) is 14.8. The summed E-state index contributed by atoms with van der Waals surface area (Å²) < 4.78 is 5.29. The molecular formula is C18H31N3O2. The summed E-state index contributed by atoms with van der Waals surface area (Å²) in [5.41, 5.74) is 7.02. The molecule has 0 aliphatic carbocycles. The minimum atomic E-state index is -0.171. The zero-order valence-corrected chi connectivity index (χ0v) is 14.9. The highest BCUT2D eigenvalue weighted by molar-refractivity contribution is 5.96. The lowest BCUT2D eigenvalue weighted by atomic mass is 10.2. The maximum Gasteiger partial charge on any atom is 0.241 e. The Morgan fingerprint density at radius 2 is 1.87 bits per heavy atom. The van der Waals surface area contributed by atoms with Gasteiger partial charge in [0.05, 0.1) is 18.8 Å².